The standard InChI is InChI=1S/C18H18N4O/c1-2-11-4-3-5-13(10-11)22-17-14(16(19)21-18(22)23)8-9-15(20-17)12-6-7-12/h3-5,8-10,12H,2,6-7H2,1H3,(H2,19,21,23). The molecular formula is C18H18N4O. The van der Waals surface area contributed by atoms with Gasteiger partial charge in [0.15, 0.2) is 5.65 Å². The quantitative estimate of drug-likeness (QED) is 0.807. The van der Waals surface area contributed by atoms with Crippen molar-refractivity contribution in [2.24, 2.45) is 0 Å². The van der Waals surface area contributed by atoms with Gasteiger partial charge in [-0.2, -0.15) is 4.98 Å². The van der Waals surface area contributed by atoms with E-state index in [1.165, 1.54) is 0 Å². The fourth-order valence-electron chi connectivity index (χ4n) is 2.89. The van der Waals surface area contributed by atoms with E-state index in [9.17, 15) is 4.79 Å². The van der Waals surface area contributed by atoms with Gasteiger partial charge in [0.1, 0.15) is 5.82 Å². The first-order chi connectivity index (χ1) is 11.2. The Morgan fingerprint density at radius 3 is 2.78 bits per heavy atom. The van der Waals surface area contributed by atoms with Crippen LogP contribution < -0.4 is 11.4 Å². The molecule has 0 unspecified atom stereocenters. The van der Waals surface area contributed by atoms with Crippen LogP contribution in [0.1, 0.15) is 36.9 Å². The van der Waals surface area contributed by atoms with Gasteiger partial charge in [0, 0.05) is 11.6 Å². The molecule has 1 aromatic carbocycles. The molecule has 2 heterocycles. The highest BCUT2D eigenvalue weighted by Gasteiger charge is 2.26. The third-order valence-corrected chi connectivity index (χ3v) is 4.36. The third-order valence-electron chi connectivity index (χ3n) is 4.36. The van der Waals surface area contributed by atoms with Crippen LogP contribution in [0.4, 0.5) is 5.82 Å². The van der Waals surface area contributed by atoms with Crippen LogP contribution in [0, 0.1) is 0 Å². The molecule has 0 spiro atoms. The third kappa shape index (κ3) is 2.38. The van der Waals surface area contributed by atoms with Gasteiger partial charge in [-0.15, -0.1) is 0 Å². The van der Waals surface area contributed by atoms with E-state index >= 15 is 0 Å². The molecule has 5 heteroatoms. The molecule has 116 valence electrons. The molecular weight excluding hydrogens is 288 g/mol. The zero-order chi connectivity index (χ0) is 16.0. The first-order valence-corrected chi connectivity index (χ1v) is 7.96. The molecule has 1 fully saturated rings. The fourth-order valence-corrected chi connectivity index (χ4v) is 2.89. The van der Waals surface area contributed by atoms with Crippen LogP contribution in [0.5, 0.6) is 0 Å². The van der Waals surface area contributed by atoms with Gasteiger partial charge in [-0.1, -0.05) is 19.1 Å². The first kappa shape index (κ1) is 13.9. The van der Waals surface area contributed by atoms with Crippen LogP contribution >= 0.6 is 0 Å². The van der Waals surface area contributed by atoms with E-state index in [1.54, 1.807) is 4.57 Å². The summed E-state index contributed by atoms with van der Waals surface area (Å²) in [6.45, 7) is 2.09. The van der Waals surface area contributed by atoms with E-state index in [0.717, 1.165) is 41.6 Å². The number of hydrogen-bond acceptors (Lipinski definition) is 4. The lowest BCUT2D eigenvalue weighted by Crippen LogP contribution is -2.24. The smallest absolute Gasteiger partial charge is 0.355 e. The molecule has 0 bridgehead atoms. The van der Waals surface area contributed by atoms with Crippen molar-refractivity contribution in [3.05, 3.63) is 58.1 Å². The summed E-state index contributed by atoms with van der Waals surface area (Å²) in [5.74, 6) is 0.752. The number of fused-ring (bicyclic) bond motifs is 1. The van der Waals surface area contributed by atoms with Gasteiger partial charge < -0.3 is 5.73 Å². The number of aryl methyl sites for hydroxylation is 1. The molecule has 0 amide bonds. The summed E-state index contributed by atoms with van der Waals surface area (Å²) in [7, 11) is 0. The summed E-state index contributed by atoms with van der Waals surface area (Å²) < 4.78 is 1.57. The maximum absolute atomic E-state index is 12.5. The molecule has 23 heavy (non-hydrogen) atoms. The van der Waals surface area contributed by atoms with Crippen molar-refractivity contribution in [3.8, 4) is 5.69 Å². The minimum absolute atomic E-state index is 0.239. The number of nitrogens with two attached hydrogens (primary N) is 1. The number of aromatic nitrogens is 3. The largest absolute Gasteiger partial charge is 0.383 e. The first-order valence-electron chi connectivity index (χ1n) is 7.96. The predicted molar refractivity (Wildman–Crippen MR) is 90.9 cm³/mol. The van der Waals surface area contributed by atoms with Gasteiger partial charge in [-0.3, -0.25) is 0 Å². The Hall–Kier alpha value is -2.69. The van der Waals surface area contributed by atoms with Gasteiger partial charge >= 0.3 is 5.69 Å². The molecule has 4 rings (SSSR count). The number of hydrogen-bond donors (Lipinski definition) is 1. The van der Waals surface area contributed by atoms with Gasteiger partial charge in [0.25, 0.3) is 0 Å². The Kier molecular flexibility index (Phi) is 3.15. The molecule has 0 atom stereocenters. The van der Waals surface area contributed by atoms with Gasteiger partial charge in [0.2, 0.25) is 0 Å². The highest BCUT2D eigenvalue weighted by atomic mass is 16.1. The molecule has 2 N–H and O–H groups in total. The topological polar surface area (TPSA) is 73.8 Å². The van der Waals surface area contributed by atoms with Crippen LogP contribution in [0.15, 0.2) is 41.2 Å². The normalized spacial score (nSPS) is 14.3. The van der Waals surface area contributed by atoms with E-state index < -0.39 is 0 Å². The number of anilines is 1. The van der Waals surface area contributed by atoms with Crippen molar-refractivity contribution in [1.82, 2.24) is 14.5 Å². The summed E-state index contributed by atoms with van der Waals surface area (Å²) in [5.41, 5.74) is 9.13. The zero-order valence-corrected chi connectivity index (χ0v) is 13.0. The average molecular weight is 306 g/mol. The van der Waals surface area contributed by atoms with E-state index in [1.807, 2.05) is 36.4 Å². The molecule has 1 saturated carbocycles. The summed E-state index contributed by atoms with van der Waals surface area (Å²) in [5, 5.41) is 0.718. The lowest BCUT2D eigenvalue weighted by atomic mass is 10.1. The number of nitrogens with zero attached hydrogens (tertiary/aromatic N) is 3. The van der Waals surface area contributed by atoms with Crippen molar-refractivity contribution in [1.29, 1.82) is 0 Å². The molecule has 1 aliphatic rings. The molecule has 0 saturated heterocycles. The number of pyridine rings is 1. The lowest BCUT2D eigenvalue weighted by Gasteiger charge is -2.12. The Morgan fingerprint density at radius 1 is 1.22 bits per heavy atom. The minimum atomic E-state index is -0.385. The van der Waals surface area contributed by atoms with Gasteiger partial charge in [-0.25, -0.2) is 14.3 Å². The average Bonchev–Trinajstić information content (AvgIpc) is 3.39. The molecule has 1 aliphatic carbocycles. The molecule has 0 aliphatic heterocycles. The zero-order valence-electron chi connectivity index (χ0n) is 13.0. The second-order valence-electron chi connectivity index (χ2n) is 6.02. The van der Waals surface area contributed by atoms with Gasteiger partial charge in [0.05, 0.1) is 11.1 Å². The minimum Gasteiger partial charge on any atom is -0.383 e. The fraction of sp³-hybridized carbons (Fsp3) is 0.278. The highest BCUT2D eigenvalue weighted by molar-refractivity contribution is 5.86. The van der Waals surface area contributed by atoms with Crippen molar-refractivity contribution in [3.63, 3.8) is 0 Å². The number of benzene rings is 1. The maximum atomic E-state index is 12.5. The van der Waals surface area contributed by atoms with E-state index in [4.69, 9.17) is 10.7 Å². The number of rotatable bonds is 3. The Bertz CT molecular complexity index is 957. The molecule has 3 aromatic rings. The summed E-state index contributed by atoms with van der Waals surface area (Å²) in [4.78, 5) is 21.2. The summed E-state index contributed by atoms with van der Waals surface area (Å²) >= 11 is 0. The van der Waals surface area contributed by atoms with Crippen LogP contribution in [-0.2, 0) is 6.42 Å². The number of nitrogen functional groups attached to an aromatic ring is 1. The SMILES string of the molecule is CCc1cccc(-n2c(=O)nc(N)c3ccc(C4CC4)nc32)c1. The van der Waals surface area contributed by atoms with E-state index in [0.29, 0.717) is 11.6 Å². The van der Waals surface area contributed by atoms with Crippen molar-refractivity contribution in [2.75, 3.05) is 5.73 Å². The summed E-state index contributed by atoms with van der Waals surface area (Å²) in [6, 6.07) is 11.8. The van der Waals surface area contributed by atoms with Crippen LogP contribution in [0.3, 0.4) is 0 Å². The summed E-state index contributed by atoms with van der Waals surface area (Å²) in [6.07, 6.45) is 3.23. The van der Waals surface area contributed by atoms with Crippen LogP contribution in [0.2, 0.25) is 0 Å². The molecule has 5 nitrogen and oxygen atoms in total. The Labute approximate surface area is 133 Å². The maximum Gasteiger partial charge on any atom is 0.355 e. The van der Waals surface area contributed by atoms with Crippen molar-refractivity contribution in [2.45, 2.75) is 32.1 Å². The van der Waals surface area contributed by atoms with Gasteiger partial charge in [-0.05, 0) is 49.1 Å². The van der Waals surface area contributed by atoms with Crippen molar-refractivity contribution < 1.29 is 0 Å². The second-order valence-corrected chi connectivity index (χ2v) is 6.02. The highest BCUT2D eigenvalue weighted by Crippen LogP contribution is 2.39. The molecule has 0 radical (unpaired) electrons. The van der Waals surface area contributed by atoms with Crippen LogP contribution in [0.25, 0.3) is 16.7 Å². The monoisotopic (exact) mass is 306 g/mol. The molecule has 2 aromatic heterocycles. The van der Waals surface area contributed by atoms with Crippen LogP contribution in [-0.4, -0.2) is 14.5 Å². The van der Waals surface area contributed by atoms with Crippen molar-refractivity contribution >= 4 is 16.9 Å². The van der Waals surface area contributed by atoms with E-state index in [2.05, 4.69) is 11.9 Å². The second kappa shape index (κ2) is 5.19. The lowest BCUT2D eigenvalue weighted by molar-refractivity contribution is 0.924. The van der Waals surface area contributed by atoms with E-state index in [-0.39, 0.29) is 11.5 Å². The predicted octanol–water partition coefficient (Wildman–Crippen LogP) is 2.80. The Morgan fingerprint density at radius 2 is 2.04 bits per heavy atom. The Balaban J connectivity index is 2.03.